The summed E-state index contributed by atoms with van der Waals surface area (Å²) in [5.41, 5.74) is 2.15. The van der Waals surface area contributed by atoms with Gasteiger partial charge in [0.15, 0.2) is 0 Å². The Morgan fingerprint density at radius 3 is 2.63 bits per heavy atom. The zero-order valence-electron chi connectivity index (χ0n) is 15.8. The van der Waals surface area contributed by atoms with Crippen LogP contribution in [0.25, 0.3) is 0 Å². The summed E-state index contributed by atoms with van der Waals surface area (Å²) in [5, 5.41) is 2.72. The van der Waals surface area contributed by atoms with E-state index in [1.165, 1.54) is 6.92 Å². The van der Waals surface area contributed by atoms with Gasteiger partial charge >= 0.3 is 0 Å². The average Bonchev–Trinajstić information content (AvgIpc) is 3.16. The average molecular weight is 368 g/mol. The number of hydrogen-bond acceptors (Lipinski definition) is 4. The van der Waals surface area contributed by atoms with Gasteiger partial charge in [-0.3, -0.25) is 9.59 Å². The first-order valence-corrected chi connectivity index (χ1v) is 8.94. The Bertz CT molecular complexity index is 850. The summed E-state index contributed by atoms with van der Waals surface area (Å²) in [7, 11) is 3.23. The lowest BCUT2D eigenvalue weighted by Gasteiger charge is -2.27. The fraction of sp³-hybridized carbons (Fsp3) is 0.333. The summed E-state index contributed by atoms with van der Waals surface area (Å²) in [6, 6.07) is 12.7. The molecule has 2 amide bonds. The van der Waals surface area contributed by atoms with Gasteiger partial charge in [0.1, 0.15) is 11.5 Å². The Kier molecular flexibility index (Phi) is 5.64. The van der Waals surface area contributed by atoms with Crippen molar-refractivity contribution in [2.75, 3.05) is 26.1 Å². The maximum Gasteiger partial charge on any atom is 0.254 e. The van der Waals surface area contributed by atoms with Crippen molar-refractivity contribution >= 4 is 17.5 Å². The lowest BCUT2D eigenvalue weighted by atomic mass is 10.0. The molecule has 27 heavy (non-hydrogen) atoms. The Balaban J connectivity index is 1.88. The quantitative estimate of drug-likeness (QED) is 0.875. The van der Waals surface area contributed by atoms with Crippen LogP contribution in [0.4, 0.5) is 5.69 Å². The van der Waals surface area contributed by atoms with Crippen molar-refractivity contribution in [2.24, 2.45) is 0 Å². The lowest BCUT2D eigenvalue weighted by molar-refractivity contribution is -0.114. The van der Waals surface area contributed by atoms with Crippen LogP contribution in [-0.4, -0.2) is 37.5 Å². The molecule has 3 rings (SSSR count). The first-order chi connectivity index (χ1) is 13.0. The van der Waals surface area contributed by atoms with Crippen molar-refractivity contribution in [3.05, 3.63) is 53.6 Å². The number of ether oxygens (including phenoxy) is 2. The van der Waals surface area contributed by atoms with Gasteiger partial charge in [-0.05, 0) is 43.2 Å². The first kappa shape index (κ1) is 18.8. The van der Waals surface area contributed by atoms with Crippen LogP contribution in [0, 0.1) is 0 Å². The maximum atomic E-state index is 13.1. The van der Waals surface area contributed by atoms with Gasteiger partial charge in [0.05, 0.1) is 20.3 Å². The highest BCUT2D eigenvalue weighted by molar-refractivity contribution is 5.97. The summed E-state index contributed by atoms with van der Waals surface area (Å²) >= 11 is 0. The van der Waals surface area contributed by atoms with E-state index in [0.717, 1.165) is 24.2 Å². The van der Waals surface area contributed by atoms with E-state index in [0.29, 0.717) is 23.5 Å². The molecule has 1 saturated heterocycles. The van der Waals surface area contributed by atoms with Crippen LogP contribution in [0.1, 0.15) is 41.7 Å². The second kappa shape index (κ2) is 8.12. The molecule has 0 aromatic heterocycles. The van der Waals surface area contributed by atoms with Gasteiger partial charge in [0, 0.05) is 36.3 Å². The molecular weight excluding hydrogens is 344 g/mol. The highest BCUT2D eigenvalue weighted by Crippen LogP contribution is 2.39. The number of amides is 2. The van der Waals surface area contributed by atoms with Gasteiger partial charge in [-0.1, -0.05) is 6.07 Å². The fourth-order valence-corrected chi connectivity index (χ4v) is 3.53. The van der Waals surface area contributed by atoms with Gasteiger partial charge in [0.25, 0.3) is 5.91 Å². The normalized spacial score (nSPS) is 16.1. The second-order valence-corrected chi connectivity index (χ2v) is 6.53. The number of nitrogens with zero attached hydrogens (tertiary/aromatic N) is 1. The topological polar surface area (TPSA) is 67.9 Å². The number of likely N-dealkylation sites (tertiary alicyclic amines) is 1. The van der Waals surface area contributed by atoms with Crippen LogP contribution < -0.4 is 14.8 Å². The molecule has 0 aliphatic carbocycles. The third kappa shape index (κ3) is 4.05. The van der Waals surface area contributed by atoms with Crippen LogP contribution in [0.3, 0.4) is 0 Å². The van der Waals surface area contributed by atoms with Crippen molar-refractivity contribution in [2.45, 2.75) is 25.8 Å². The minimum Gasteiger partial charge on any atom is -0.497 e. The molecule has 142 valence electrons. The number of carbonyl (C=O) groups is 2. The molecule has 1 heterocycles. The van der Waals surface area contributed by atoms with E-state index < -0.39 is 0 Å². The third-order valence-electron chi connectivity index (χ3n) is 4.74. The van der Waals surface area contributed by atoms with E-state index in [1.807, 2.05) is 23.1 Å². The number of methoxy groups -OCH3 is 2. The number of anilines is 1. The van der Waals surface area contributed by atoms with Gasteiger partial charge < -0.3 is 19.7 Å². The molecule has 2 aromatic carbocycles. The number of carbonyl (C=O) groups excluding carboxylic acids is 2. The molecule has 0 saturated carbocycles. The van der Waals surface area contributed by atoms with E-state index in [2.05, 4.69) is 5.32 Å². The predicted octanol–water partition coefficient (Wildman–Crippen LogP) is 3.64. The molecule has 2 aromatic rings. The van der Waals surface area contributed by atoms with Crippen molar-refractivity contribution < 1.29 is 19.1 Å². The van der Waals surface area contributed by atoms with Crippen LogP contribution in [0.15, 0.2) is 42.5 Å². The standard InChI is InChI=1S/C21H24N2O4/c1-14(24)22-16-7-4-6-15(12-16)21(25)23-11-5-8-19(23)18-10-9-17(26-2)13-20(18)27-3/h4,6-7,9-10,12-13,19H,5,8,11H2,1-3H3,(H,22,24). The summed E-state index contributed by atoms with van der Waals surface area (Å²) < 4.78 is 10.8. The van der Waals surface area contributed by atoms with Gasteiger partial charge in [-0.15, -0.1) is 0 Å². The van der Waals surface area contributed by atoms with Crippen molar-refractivity contribution in [1.82, 2.24) is 4.90 Å². The Morgan fingerprint density at radius 1 is 1.11 bits per heavy atom. The largest absolute Gasteiger partial charge is 0.497 e. The summed E-state index contributed by atoms with van der Waals surface area (Å²) in [6.45, 7) is 2.13. The number of hydrogen-bond donors (Lipinski definition) is 1. The minimum absolute atomic E-state index is 0.0530. The zero-order chi connectivity index (χ0) is 19.4. The van der Waals surface area contributed by atoms with E-state index in [4.69, 9.17) is 9.47 Å². The van der Waals surface area contributed by atoms with Crippen LogP contribution >= 0.6 is 0 Å². The molecule has 0 radical (unpaired) electrons. The van der Waals surface area contributed by atoms with Crippen molar-refractivity contribution in [3.8, 4) is 11.5 Å². The van der Waals surface area contributed by atoms with E-state index in [-0.39, 0.29) is 17.9 Å². The smallest absolute Gasteiger partial charge is 0.254 e. The highest BCUT2D eigenvalue weighted by atomic mass is 16.5. The highest BCUT2D eigenvalue weighted by Gasteiger charge is 2.32. The van der Waals surface area contributed by atoms with E-state index >= 15 is 0 Å². The molecule has 1 aliphatic rings. The first-order valence-electron chi connectivity index (χ1n) is 8.94. The number of nitrogens with one attached hydrogen (secondary N) is 1. The Morgan fingerprint density at radius 2 is 1.93 bits per heavy atom. The Labute approximate surface area is 159 Å². The molecule has 6 heteroatoms. The van der Waals surface area contributed by atoms with Crippen molar-refractivity contribution in [1.29, 1.82) is 0 Å². The monoisotopic (exact) mass is 368 g/mol. The van der Waals surface area contributed by atoms with Crippen LogP contribution in [-0.2, 0) is 4.79 Å². The molecule has 1 N–H and O–H groups in total. The molecule has 1 unspecified atom stereocenters. The third-order valence-corrected chi connectivity index (χ3v) is 4.74. The molecular formula is C21H24N2O4. The molecule has 0 spiro atoms. The van der Waals surface area contributed by atoms with Crippen molar-refractivity contribution in [3.63, 3.8) is 0 Å². The summed E-state index contributed by atoms with van der Waals surface area (Å²) in [4.78, 5) is 26.3. The maximum absolute atomic E-state index is 13.1. The van der Waals surface area contributed by atoms with Crippen LogP contribution in [0.5, 0.6) is 11.5 Å². The summed E-state index contributed by atoms with van der Waals surface area (Å²) in [5.74, 6) is 1.21. The molecule has 0 bridgehead atoms. The predicted molar refractivity (Wildman–Crippen MR) is 103 cm³/mol. The summed E-state index contributed by atoms with van der Waals surface area (Å²) in [6.07, 6.45) is 1.80. The molecule has 1 atom stereocenters. The fourth-order valence-electron chi connectivity index (χ4n) is 3.53. The SMILES string of the molecule is COc1ccc(C2CCCN2C(=O)c2cccc(NC(C)=O)c2)c(OC)c1. The van der Waals surface area contributed by atoms with Crippen LogP contribution in [0.2, 0.25) is 0 Å². The second-order valence-electron chi connectivity index (χ2n) is 6.53. The molecule has 1 fully saturated rings. The van der Waals surface area contributed by atoms with E-state index in [9.17, 15) is 9.59 Å². The van der Waals surface area contributed by atoms with Gasteiger partial charge in [0.2, 0.25) is 5.91 Å². The molecule has 6 nitrogen and oxygen atoms in total. The van der Waals surface area contributed by atoms with E-state index in [1.54, 1.807) is 38.5 Å². The zero-order valence-corrected chi connectivity index (χ0v) is 15.8. The molecule has 1 aliphatic heterocycles. The lowest BCUT2D eigenvalue weighted by Crippen LogP contribution is -2.30. The Hall–Kier alpha value is -3.02. The number of benzene rings is 2. The minimum atomic E-state index is -0.165. The number of rotatable bonds is 5. The van der Waals surface area contributed by atoms with Gasteiger partial charge in [-0.25, -0.2) is 0 Å². The van der Waals surface area contributed by atoms with Gasteiger partial charge in [-0.2, -0.15) is 0 Å².